The number of rotatable bonds is 4. The standard InChI is InChI=1S/C14H19NO3Si/c1-6-9-15(10-7-2)13(16)14(17)18-11-8-12-19(3,4)5/h1,7H,2,9-11H2,3-5H3. The lowest BCUT2D eigenvalue weighted by Crippen LogP contribution is -2.38. The summed E-state index contributed by atoms with van der Waals surface area (Å²) < 4.78 is 4.79. The second kappa shape index (κ2) is 8.18. The normalized spacial score (nSPS) is 9.58. The van der Waals surface area contributed by atoms with Crippen LogP contribution in [0, 0.1) is 23.8 Å². The van der Waals surface area contributed by atoms with Crippen LogP contribution in [0.15, 0.2) is 12.7 Å². The van der Waals surface area contributed by atoms with E-state index in [9.17, 15) is 9.59 Å². The molecule has 0 aromatic rings. The van der Waals surface area contributed by atoms with Crippen molar-refractivity contribution in [1.82, 2.24) is 4.90 Å². The Kier molecular flexibility index (Phi) is 7.32. The molecule has 0 saturated heterocycles. The fourth-order valence-electron chi connectivity index (χ4n) is 1.08. The molecule has 5 heteroatoms. The molecule has 0 aromatic carbocycles. The summed E-state index contributed by atoms with van der Waals surface area (Å²) in [6.07, 6.45) is 6.61. The zero-order valence-electron chi connectivity index (χ0n) is 11.7. The smallest absolute Gasteiger partial charge is 0.398 e. The van der Waals surface area contributed by atoms with Crippen molar-refractivity contribution < 1.29 is 14.3 Å². The molecule has 102 valence electrons. The first-order valence-electron chi connectivity index (χ1n) is 5.82. The molecule has 0 rings (SSSR count). The SMILES string of the molecule is C#CCN(CC=C)C(=O)C(=O)OCC#C[Si](C)(C)C. The summed E-state index contributed by atoms with van der Waals surface area (Å²) >= 11 is 0. The van der Waals surface area contributed by atoms with Gasteiger partial charge in [0.1, 0.15) is 8.07 Å². The molecule has 19 heavy (non-hydrogen) atoms. The number of carbonyl (C=O) groups excluding carboxylic acids is 2. The van der Waals surface area contributed by atoms with Crippen molar-refractivity contribution in [3.05, 3.63) is 12.7 Å². The maximum absolute atomic E-state index is 11.7. The van der Waals surface area contributed by atoms with Gasteiger partial charge in [-0.1, -0.05) is 37.6 Å². The van der Waals surface area contributed by atoms with Gasteiger partial charge in [0, 0.05) is 6.54 Å². The van der Waals surface area contributed by atoms with E-state index < -0.39 is 20.0 Å². The van der Waals surface area contributed by atoms with Gasteiger partial charge >= 0.3 is 11.9 Å². The summed E-state index contributed by atoms with van der Waals surface area (Å²) in [6, 6.07) is 0. The van der Waals surface area contributed by atoms with Gasteiger partial charge in [-0.25, -0.2) is 4.79 Å². The van der Waals surface area contributed by atoms with E-state index in [1.54, 1.807) is 0 Å². The highest BCUT2D eigenvalue weighted by molar-refractivity contribution is 6.83. The molecule has 0 heterocycles. The predicted octanol–water partition coefficient (Wildman–Crippen LogP) is 1.06. The molecular weight excluding hydrogens is 258 g/mol. The third-order valence-electron chi connectivity index (χ3n) is 1.83. The molecule has 0 unspecified atom stereocenters. The molecule has 0 spiro atoms. The number of hydrogen-bond acceptors (Lipinski definition) is 3. The van der Waals surface area contributed by atoms with Gasteiger partial charge in [0.2, 0.25) is 0 Å². The second-order valence-corrected chi connectivity index (χ2v) is 9.56. The number of nitrogens with zero attached hydrogens (tertiary/aromatic N) is 1. The highest BCUT2D eigenvalue weighted by Crippen LogP contribution is 1.96. The highest BCUT2D eigenvalue weighted by atomic mass is 28.3. The molecule has 0 aromatic heterocycles. The van der Waals surface area contributed by atoms with Crippen LogP contribution in [0.3, 0.4) is 0 Å². The van der Waals surface area contributed by atoms with Crippen LogP contribution in [0.1, 0.15) is 0 Å². The van der Waals surface area contributed by atoms with Crippen LogP contribution < -0.4 is 0 Å². The number of esters is 1. The summed E-state index contributed by atoms with van der Waals surface area (Å²) in [5.74, 6) is 3.34. The van der Waals surface area contributed by atoms with E-state index in [1.807, 2.05) is 0 Å². The molecule has 1 amide bonds. The minimum Gasteiger partial charge on any atom is -0.445 e. The lowest BCUT2D eigenvalue weighted by molar-refractivity contribution is -0.158. The molecule has 0 aliphatic rings. The summed E-state index contributed by atoms with van der Waals surface area (Å²) in [4.78, 5) is 24.4. The lowest BCUT2D eigenvalue weighted by Gasteiger charge is -2.16. The zero-order chi connectivity index (χ0) is 14.9. The fourth-order valence-corrected chi connectivity index (χ4v) is 1.68. The number of ether oxygens (including phenoxy) is 1. The van der Waals surface area contributed by atoms with Crippen LogP contribution in [-0.4, -0.2) is 44.5 Å². The topological polar surface area (TPSA) is 46.6 Å². The Hall–Kier alpha value is -1.98. The van der Waals surface area contributed by atoms with Crippen molar-refractivity contribution in [2.75, 3.05) is 19.7 Å². The third-order valence-corrected chi connectivity index (χ3v) is 2.76. The Balaban J connectivity index is 4.40. The molecule has 0 aliphatic carbocycles. The van der Waals surface area contributed by atoms with Crippen LogP contribution in [0.2, 0.25) is 19.6 Å². The van der Waals surface area contributed by atoms with Crippen molar-refractivity contribution in [3.8, 4) is 23.8 Å². The Bertz CT molecular complexity index is 446. The zero-order valence-corrected chi connectivity index (χ0v) is 12.7. The maximum atomic E-state index is 11.7. The molecule has 4 nitrogen and oxygen atoms in total. The first-order valence-corrected chi connectivity index (χ1v) is 9.32. The first-order chi connectivity index (χ1) is 8.81. The Morgan fingerprint density at radius 1 is 1.42 bits per heavy atom. The predicted molar refractivity (Wildman–Crippen MR) is 77.7 cm³/mol. The highest BCUT2D eigenvalue weighted by Gasteiger charge is 2.21. The van der Waals surface area contributed by atoms with Gasteiger partial charge in [-0.05, 0) is 0 Å². The van der Waals surface area contributed by atoms with Gasteiger partial charge in [-0.15, -0.1) is 18.5 Å². The summed E-state index contributed by atoms with van der Waals surface area (Å²) in [7, 11) is -1.49. The van der Waals surface area contributed by atoms with Gasteiger partial charge in [0.05, 0.1) is 6.54 Å². The van der Waals surface area contributed by atoms with Crippen molar-refractivity contribution >= 4 is 20.0 Å². The van der Waals surface area contributed by atoms with Gasteiger partial charge < -0.3 is 9.64 Å². The number of amides is 1. The summed E-state index contributed by atoms with van der Waals surface area (Å²) in [6.45, 7) is 9.89. The van der Waals surface area contributed by atoms with E-state index in [0.717, 1.165) is 0 Å². The Morgan fingerprint density at radius 2 is 2.05 bits per heavy atom. The molecule has 0 fully saturated rings. The second-order valence-electron chi connectivity index (χ2n) is 4.81. The molecule has 0 radical (unpaired) electrons. The number of terminal acetylenes is 1. The average molecular weight is 277 g/mol. The minimum atomic E-state index is -1.49. The van der Waals surface area contributed by atoms with Crippen molar-refractivity contribution in [2.24, 2.45) is 0 Å². The van der Waals surface area contributed by atoms with Crippen LogP contribution in [0.5, 0.6) is 0 Å². The quantitative estimate of drug-likeness (QED) is 0.254. The summed E-state index contributed by atoms with van der Waals surface area (Å²) in [5, 5.41) is 0. The van der Waals surface area contributed by atoms with E-state index in [-0.39, 0.29) is 19.7 Å². The third kappa shape index (κ3) is 7.85. The van der Waals surface area contributed by atoms with E-state index in [4.69, 9.17) is 11.2 Å². The molecule has 0 aliphatic heterocycles. The number of hydrogen-bond donors (Lipinski definition) is 0. The van der Waals surface area contributed by atoms with Crippen LogP contribution in [0.25, 0.3) is 0 Å². The van der Waals surface area contributed by atoms with Crippen LogP contribution >= 0.6 is 0 Å². The fraction of sp³-hybridized carbons (Fsp3) is 0.429. The van der Waals surface area contributed by atoms with Crippen molar-refractivity contribution in [3.63, 3.8) is 0 Å². The molecule has 0 N–H and O–H groups in total. The monoisotopic (exact) mass is 277 g/mol. The van der Waals surface area contributed by atoms with E-state index >= 15 is 0 Å². The molecular formula is C14H19NO3Si. The van der Waals surface area contributed by atoms with Gasteiger partial charge in [0.15, 0.2) is 6.61 Å². The Labute approximate surface area is 115 Å². The first kappa shape index (κ1) is 17.0. The number of carbonyl (C=O) groups is 2. The van der Waals surface area contributed by atoms with E-state index in [0.29, 0.717) is 0 Å². The van der Waals surface area contributed by atoms with Crippen molar-refractivity contribution in [1.29, 1.82) is 0 Å². The van der Waals surface area contributed by atoms with E-state index in [2.05, 4.69) is 43.6 Å². The van der Waals surface area contributed by atoms with E-state index in [1.165, 1.54) is 11.0 Å². The Morgan fingerprint density at radius 3 is 2.53 bits per heavy atom. The summed E-state index contributed by atoms with van der Waals surface area (Å²) in [5.41, 5.74) is 3.03. The largest absolute Gasteiger partial charge is 0.445 e. The molecule has 0 atom stereocenters. The maximum Gasteiger partial charge on any atom is 0.398 e. The minimum absolute atomic E-state index is 0.0422. The lowest BCUT2D eigenvalue weighted by atomic mass is 10.4. The average Bonchev–Trinajstić information content (AvgIpc) is 2.32. The molecule has 0 bridgehead atoms. The van der Waals surface area contributed by atoms with Gasteiger partial charge in [-0.2, -0.15) is 0 Å². The van der Waals surface area contributed by atoms with Crippen molar-refractivity contribution in [2.45, 2.75) is 19.6 Å². The molecule has 0 saturated carbocycles. The van der Waals surface area contributed by atoms with Crippen LogP contribution in [0.4, 0.5) is 0 Å². The van der Waals surface area contributed by atoms with Crippen LogP contribution in [-0.2, 0) is 14.3 Å². The van der Waals surface area contributed by atoms with Gasteiger partial charge in [-0.3, -0.25) is 4.79 Å². The van der Waals surface area contributed by atoms with Gasteiger partial charge in [0.25, 0.3) is 0 Å².